The molecule has 1 aliphatic heterocycles. The number of carbonyl (C=O) groups is 1. The molecule has 0 aliphatic carbocycles. The molecule has 0 bridgehead atoms. The number of morpholine rings is 1. The molecule has 0 N–H and O–H groups in total. The number of ether oxygens (including phenoxy) is 1. The Kier molecular flexibility index (Phi) is 7.07. The van der Waals surface area contributed by atoms with Gasteiger partial charge in [0.2, 0.25) is 0 Å². The summed E-state index contributed by atoms with van der Waals surface area (Å²) in [5.74, 6) is 0.205. The molecule has 1 saturated heterocycles. The van der Waals surface area contributed by atoms with Crippen molar-refractivity contribution in [2.75, 3.05) is 44.3 Å². The van der Waals surface area contributed by atoms with Crippen LogP contribution in [-0.4, -0.2) is 55.2 Å². The van der Waals surface area contributed by atoms with Crippen LogP contribution < -0.4 is 4.90 Å². The van der Waals surface area contributed by atoms with Gasteiger partial charge in [-0.1, -0.05) is 23.5 Å². The van der Waals surface area contributed by atoms with Gasteiger partial charge in [0.1, 0.15) is 0 Å². The zero-order valence-corrected chi connectivity index (χ0v) is 17.4. The van der Waals surface area contributed by atoms with Crippen molar-refractivity contribution in [1.29, 1.82) is 0 Å². The lowest BCUT2D eigenvalue weighted by Crippen LogP contribution is -2.39. The Balaban J connectivity index is 0.00000225. The molecule has 1 aliphatic rings. The molecule has 0 atom stereocenters. The van der Waals surface area contributed by atoms with E-state index in [1.165, 1.54) is 6.26 Å². The van der Waals surface area contributed by atoms with Gasteiger partial charge in [-0.25, -0.2) is 4.98 Å². The van der Waals surface area contributed by atoms with Crippen LogP contribution in [0.2, 0.25) is 0 Å². The molecule has 1 amide bonds. The first-order valence-electron chi connectivity index (χ1n) is 9.24. The van der Waals surface area contributed by atoms with Gasteiger partial charge in [0.25, 0.3) is 5.91 Å². The topological polar surface area (TPSA) is 58.8 Å². The number of furan rings is 1. The van der Waals surface area contributed by atoms with E-state index >= 15 is 0 Å². The molecule has 0 saturated carbocycles. The third kappa shape index (κ3) is 4.55. The standard InChI is InChI=1S/C20H23N3O3S.ClH/c1-15-5-2-7-17-18(15)21-20(27-17)23(19(24)16-6-3-12-26-16)9-4-8-22-10-13-25-14-11-22;/h2-3,5-7,12H,4,8-11,13-14H2,1H3;1H. The number of aromatic nitrogens is 1. The summed E-state index contributed by atoms with van der Waals surface area (Å²) in [5, 5.41) is 0.725. The van der Waals surface area contributed by atoms with Crippen LogP contribution in [0.1, 0.15) is 22.5 Å². The Morgan fingerprint density at radius 3 is 2.79 bits per heavy atom. The average Bonchev–Trinajstić information content (AvgIpc) is 3.36. The van der Waals surface area contributed by atoms with Crippen LogP contribution in [-0.2, 0) is 4.74 Å². The molecule has 150 valence electrons. The van der Waals surface area contributed by atoms with E-state index in [4.69, 9.17) is 14.1 Å². The van der Waals surface area contributed by atoms with Crippen molar-refractivity contribution in [1.82, 2.24) is 9.88 Å². The smallest absolute Gasteiger partial charge is 0.295 e. The normalized spacial score (nSPS) is 14.8. The quantitative estimate of drug-likeness (QED) is 0.602. The number of fused-ring (bicyclic) bond motifs is 1. The third-order valence-corrected chi connectivity index (χ3v) is 5.82. The van der Waals surface area contributed by atoms with Gasteiger partial charge in [-0.2, -0.15) is 0 Å². The number of para-hydroxylation sites is 1. The number of benzene rings is 1. The number of aryl methyl sites for hydroxylation is 1. The summed E-state index contributed by atoms with van der Waals surface area (Å²) in [6, 6.07) is 9.56. The Morgan fingerprint density at radius 1 is 1.25 bits per heavy atom. The van der Waals surface area contributed by atoms with Gasteiger partial charge in [-0.3, -0.25) is 14.6 Å². The highest BCUT2D eigenvalue weighted by atomic mass is 35.5. The van der Waals surface area contributed by atoms with Gasteiger partial charge in [0, 0.05) is 26.2 Å². The molecule has 0 unspecified atom stereocenters. The summed E-state index contributed by atoms with van der Waals surface area (Å²) in [6.45, 7) is 7.06. The van der Waals surface area contributed by atoms with Crippen LogP contribution in [0.4, 0.5) is 5.13 Å². The number of halogens is 1. The van der Waals surface area contributed by atoms with Gasteiger partial charge in [-0.05, 0) is 37.1 Å². The molecule has 1 fully saturated rings. The highest BCUT2D eigenvalue weighted by Gasteiger charge is 2.23. The number of hydrogen-bond acceptors (Lipinski definition) is 6. The summed E-state index contributed by atoms with van der Waals surface area (Å²) in [4.78, 5) is 21.9. The number of carbonyl (C=O) groups excluding carboxylic acids is 1. The highest BCUT2D eigenvalue weighted by Crippen LogP contribution is 2.31. The van der Waals surface area contributed by atoms with Crippen molar-refractivity contribution in [3.05, 3.63) is 47.9 Å². The van der Waals surface area contributed by atoms with E-state index in [0.717, 1.165) is 60.2 Å². The zero-order valence-electron chi connectivity index (χ0n) is 15.8. The molecular formula is C20H24ClN3O3S. The van der Waals surface area contributed by atoms with Gasteiger partial charge in [0.05, 0.1) is 29.7 Å². The third-order valence-electron chi connectivity index (χ3n) is 4.78. The number of anilines is 1. The second-order valence-corrected chi connectivity index (χ2v) is 7.67. The summed E-state index contributed by atoms with van der Waals surface area (Å²) in [6.07, 6.45) is 2.41. The fourth-order valence-corrected chi connectivity index (χ4v) is 4.35. The van der Waals surface area contributed by atoms with E-state index in [-0.39, 0.29) is 18.3 Å². The van der Waals surface area contributed by atoms with E-state index in [1.807, 2.05) is 25.1 Å². The van der Waals surface area contributed by atoms with Crippen LogP contribution in [0.15, 0.2) is 41.0 Å². The largest absolute Gasteiger partial charge is 0.459 e. The molecule has 3 aromatic rings. The summed E-state index contributed by atoms with van der Waals surface area (Å²) in [7, 11) is 0. The number of hydrogen-bond donors (Lipinski definition) is 0. The average molecular weight is 422 g/mol. The molecule has 3 heterocycles. The van der Waals surface area contributed by atoms with Crippen molar-refractivity contribution >= 4 is 45.0 Å². The van der Waals surface area contributed by atoms with Crippen molar-refractivity contribution < 1.29 is 13.9 Å². The van der Waals surface area contributed by atoms with Crippen molar-refractivity contribution in [2.45, 2.75) is 13.3 Å². The van der Waals surface area contributed by atoms with E-state index in [1.54, 1.807) is 28.4 Å². The van der Waals surface area contributed by atoms with E-state index in [9.17, 15) is 4.79 Å². The summed E-state index contributed by atoms with van der Waals surface area (Å²) in [5.41, 5.74) is 2.08. The van der Waals surface area contributed by atoms with Crippen LogP contribution in [0.5, 0.6) is 0 Å². The minimum atomic E-state index is -0.140. The molecule has 8 heteroatoms. The predicted octanol–water partition coefficient (Wildman–Crippen LogP) is 3.99. The number of nitrogens with zero attached hydrogens (tertiary/aromatic N) is 3. The first-order chi connectivity index (χ1) is 13.2. The van der Waals surface area contributed by atoms with E-state index < -0.39 is 0 Å². The molecule has 0 radical (unpaired) electrons. The molecule has 28 heavy (non-hydrogen) atoms. The Hall–Kier alpha value is -1.93. The Labute approximate surface area is 174 Å². The predicted molar refractivity (Wildman–Crippen MR) is 114 cm³/mol. The van der Waals surface area contributed by atoms with E-state index in [0.29, 0.717) is 12.3 Å². The maximum atomic E-state index is 13.0. The summed E-state index contributed by atoms with van der Waals surface area (Å²) >= 11 is 1.55. The summed E-state index contributed by atoms with van der Waals surface area (Å²) < 4.78 is 11.8. The fraction of sp³-hybridized carbons (Fsp3) is 0.400. The van der Waals surface area contributed by atoms with Crippen LogP contribution >= 0.6 is 23.7 Å². The second-order valence-electron chi connectivity index (χ2n) is 6.66. The molecule has 2 aromatic heterocycles. The van der Waals surface area contributed by atoms with Crippen LogP contribution in [0.3, 0.4) is 0 Å². The van der Waals surface area contributed by atoms with Crippen molar-refractivity contribution in [3.63, 3.8) is 0 Å². The molecule has 4 rings (SSSR count). The highest BCUT2D eigenvalue weighted by molar-refractivity contribution is 7.22. The molecule has 6 nitrogen and oxygen atoms in total. The van der Waals surface area contributed by atoms with Gasteiger partial charge >= 0.3 is 0 Å². The fourth-order valence-electron chi connectivity index (χ4n) is 3.28. The zero-order chi connectivity index (χ0) is 18.6. The Morgan fingerprint density at radius 2 is 2.07 bits per heavy atom. The van der Waals surface area contributed by atoms with E-state index in [2.05, 4.69) is 4.90 Å². The first-order valence-corrected chi connectivity index (χ1v) is 10.1. The SMILES string of the molecule is Cc1cccc2sc(N(CCCN3CCOCC3)C(=O)c3ccco3)nc12.Cl. The maximum absolute atomic E-state index is 13.0. The van der Waals surface area contributed by atoms with Crippen molar-refractivity contribution in [3.8, 4) is 0 Å². The van der Waals surface area contributed by atoms with Gasteiger partial charge < -0.3 is 9.15 Å². The molecular weight excluding hydrogens is 398 g/mol. The van der Waals surface area contributed by atoms with Crippen LogP contribution in [0, 0.1) is 6.92 Å². The monoisotopic (exact) mass is 421 g/mol. The van der Waals surface area contributed by atoms with Crippen LogP contribution in [0.25, 0.3) is 10.2 Å². The van der Waals surface area contributed by atoms with Gasteiger partial charge in [0.15, 0.2) is 10.9 Å². The number of rotatable bonds is 6. The Bertz CT molecular complexity index is 907. The molecule has 1 aromatic carbocycles. The number of thiazole rings is 1. The maximum Gasteiger partial charge on any atom is 0.295 e. The number of amides is 1. The lowest BCUT2D eigenvalue weighted by molar-refractivity contribution is 0.0376. The molecule has 0 spiro atoms. The first kappa shape index (κ1) is 20.8. The second kappa shape index (κ2) is 9.52. The van der Waals surface area contributed by atoms with Gasteiger partial charge in [-0.15, -0.1) is 12.4 Å². The lowest BCUT2D eigenvalue weighted by atomic mass is 10.2. The minimum Gasteiger partial charge on any atom is -0.459 e. The van der Waals surface area contributed by atoms with Crippen molar-refractivity contribution in [2.24, 2.45) is 0 Å². The minimum absolute atomic E-state index is 0. The lowest BCUT2D eigenvalue weighted by Gasteiger charge is -2.27.